The van der Waals surface area contributed by atoms with Crippen LogP contribution in [0.3, 0.4) is 0 Å². The van der Waals surface area contributed by atoms with E-state index in [-0.39, 0.29) is 36.4 Å². The summed E-state index contributed by atoms with van der Waals surface area (Å²) in [5.74, 6) is -0.711. The predicted octanol–water partition coefficient (Wildman–Crippen LogP) is 1.10. The molecule has 26 heavy (non-hydrogen) atoms. The van der Waals surface area contributed by atoms with Crippen LogP contribution in [0, 0.1) is 0 Å². The molecule has 0 saturated heterocycles. The summed E-state index contributed by atoms with van der Waals surface area (Å²) in [5.41, 5.74) is 1.30. The van der Waals surface area contributed by atoms with Crippen LogP contribution < -0.4 is 10.6 Å². The average Bonchev–Trinajstić information content (AvgIpc) is 2.57. The van der Waals surface area contributed by atoms with E-state index >= 15 is 0 Å². The minimum Gasteiger partial charge on any atom is -0.508 e. The number of hydrogen-bond donors (Lipinski definition) is 3. The van der Waals surface area contributed by atoms with Crippen molar-refractivity contribution < 1.29 is 23.1 Å². The quantitative estimate of drug-likeness (QED) is 0.626. The Bertz CT molecular complexity index is 892. The van der Waals surface area contributed by atoms with E-state index in [4.69, 9.17) is 0 Å². The van der Waals surface area contributed by atoms with Crippen LogP contribution in [0.5, 0.6) is 5.75 Å². The minimum atomic E-state index is -3.17. The molecule has 0 saturated carbocycles. The SMILES string of the molecule is CS(=O)(=O)Cc1cccc(C(=O)NCCNC(=O)c2ccc(O)cc2)c1. The monoisotopic (exact) mass is 376 g/mol. The van der Waals surface area contributed by atoms with Crippen molar-refractivity contribution in [2.75, 3.05) is 19.3 Å². The second kappa shape index (κ2) is 8.48. The van der Waals surface area contributed by atoms with Gasteiger partial charge in [0.05, 0.1) is 5.75 Å². The summed E-state index contributed by atoms with van der Waals surface area (Å²) in [7, 11) is -3.17. The lowest BCUT2D eigenvalue weighted by atomic mass is 10.1. The molecule has 2 aromatic rings. The normalized spacial score (nSPS) is 11.0. The summed E-state index contributed by atoms with van der Waals surface area (Å²) in [5, 5.41) is 14.5. The van der Waals surface area contributed by atoms with Crippen molar-refractivity contribution in [1.29, 1.82) is 0 Å². The maximum atomic E-state index is 12.1. The number of nitrogens with one attached hydrogen (secondary N) is 2. The molecule has 0 atom stereocenters. The van der Waals surface area contributed by atoms with Crippen molar-refractivity contribution in [3.63, 3.8) is 0 Å². The summed E-state index contributed by atoms with van der Waals surface area (Å²) in [6, 6.07) is 12.2. The molecular formula is C18H20N2O5S. The molecule has 0 heterocycles. The standard InChI is InChI=1S/C18H20N2O5S/c1-26(24,25)12-13-3-2-4-15(11-13)18(23)20-10-9-19-17(22)14-5-7-16(21)8-6-14/h2-8,11,21H,9-10,12H2,1H3,(H,19,22)(H,20,23). The van der Waals surface area contributed by atoms with Crippen LogP contribution in [0.15, 0.2) is 48.5 Å². The smallest absolute Gasteiger partial charge is 0.251 e. The molecule has 138 valence electrons. The Hall–Kier alpha value is -2.87. The van der Waals surface area contributed by atoms with E-state index in [9.17, 15) is 23.1 Å². The molecule has 0 unspecified atom stereocenters. The van der Waals surface area contributed by atoms with Gasteiger partial charge in [-0.25, -0.2) is 8.42 Å². The van der Waals surface area contributed by atoms with Crippen LogP contribution in [0.25, 0.3) is 0 Å². The summed E-state index contributed by atoms with van der Waals surface area (Å²) in [6.45, 7) is 0.452. The molecule has 0 fully saturated rings. The molecule has 7 nitrogen and oxygen atoms in total. The molecule has 3 N–H and O–H groups in total. The largest absolute Gasteiger partial charge is 0.508 e. The lowest BCUT2D eigenvalue weighted by molar-refractivity contribution is 0.0927. The number of hydrogen-bond acceptors (Lipinski definition) is 5. The molecule has 0 radical (unpaired) electrons. The maximum absolute atomic E-state index is 12.1. The van der Waals surface area contributed by atoms with Crippen LogP contribution in [-0.4, -0.2) is 44.7 Å². The van der Waals surface area contributed by atoms with E-state index < -0.39 is 9.84 Å². The number of carbonyl (C=O) groups is 2. The van der Waals surface area contributed by atoms with Crippen molar-refractivity contribution in [2.24, 2.45) is 0 Å². The molecule has 0 aliphatic heterocycles. The summed E-state index contributed by atoms with van der Waals surface area (Å²) >= 11 is 0. The van der Waals surface area contributed by atoms with Crippen molar-refractivity contribution in [3.05, 3.63) is 65.2 Å². The zero-order valence-corrected chi connectivity index (χ0v) is 15.0. The van der Waals surface area contributed by atoms with Crippen LogP contribution >= 0.6 is 0 Å². The van der Waals surface area contributed by atoms with Gasteiger partial charge in [0.15, 0.2) is 9.84 Å². The Morgan fingerprint density at radius 1 is 0.923 bits per heavy atom. The highest BCUT2D eigenvalue weighted by molar-refractivity contribution is 7.89. The van der Waals surface area contributed by atoms with Crippen molar-refractivity contribution in [1.82, 2.24) is 10.6 Å². The Balaban J connectivity index is 1.82. The third-order valence-electron chi connectivity index (χ3n) is 3.44. The molecule has 0 aromatic heterocycles. The Morgan fingerprint density at radius 2 is 1.50 bits per heavy atom. The highest BCUT2D eigenvalue weighted by Gasteiger charge is 2.10. The molecule has 0 aliphatic carbocycles. The highest BCUT2D eigenvalue weighted by atomic mass is 32.2. The van der Waals surface area contributed by atoms with Crippen LogP contribution in [0.1, 0.15) is 26.3 Å². The van der Waals surface area contributed by atoms with Gasteiger partial charge in [-0.3, -0.25) is 9.59 Å². The van der Waals surface area contributed by atoms with Gasteiger partial charge in [0.1, 0.15) is 5.75 Å². The second-order valence-electron chi connectivity index (χ2n) is 5.83. The Morgan fingerprint density at radius 3 is 2.08 bits per heavy atom. The second-order valence-corrected chi connectivity index (χ2v) is 7.97. The van der Waals surface area contributed by atoms with Crippen LogP contribution in [-0.2, 0) is 15.6 Å². The van der Waals surface area contributed by atoms with E-state index in [1.54, 1.807) is 18.2 Å². The fourth-order valence-electron chi connectivity index (χ4n) is 2.27. The zero-order valence-electron chi connectivity index (χ0n) is 14.2. The number of carbonyl (C=O) groups excluding carboxylic acids is 2. The molecule has 2 aromatic carbocycles. The fourth-order valence-corrected chi connectivity index (χ4v) is 3.06. The van der Waals surface area contributed by atoms with Crippen LogP contribution in [0.2, 0.25) is 0 Å². The number of aromatic hydroxyl groups is 1. The number of benzene rings is 2. The molecule has 8 heteroatoms. The number of phenolic OH excluding ortho intramolecular Hbond substituents is 1. The summed E-state index contributed by atoms with van der Waals surface area (Å²) in [4.78, 5) is 24.0. The van der Waals surface area contributed by atoms with Gasteiger partial charge in [0, 0.05) is 30.5 Å². The first kappa shape index (κ1) is 19.5. The van der Waals surface area contributed by atoms with Gasteiger partial charge in [-0.2, -0.15) is 0 Å². The van der Waals surface area contributed by atoms with Crippen molar-refractivity contribution >= 4 is 21.7 Å². The first-order valence-corrected chi connectivity index (χ1v) is 9.93. The third kappa shape index (κ3) is 6.21. The minimum absolute atomic E-state index is 0.0758. The number of phenols is 1. The van der Waals surface area contributed by atoms with Crippen LogP contribution in [0.4, 0.5) is 0 Å². The van der Waals surface area contributed by atoms with Gasteiger partial charge in [-0.15, -0.1) is 0 Å². The van der Waals surface area contributed by atoms with E-state index in [2.05, 4.69) is 10.6 Å². The molecule has 0 bridgehead atoms. The lowest BCUT2D eigenvalue weighted by Gasteiger charge is -2.08. The number of amides is 2. The summed E-state index contributed by atoms with van der Waals surface area (Å²) < 4.78 is 22.7. The van der Waals surface area contributed by atoms with E-state index in [0.29, 0.717) is 16.7 Å². The molecule has 2 amide bonds. The number of sulfone groups is 1. The van der Waals surface area contributed by atoms with Gasteiger partial charge >= 0.3 is 0 Å². The van der Waals surface area contributed by atoms with Gasteiger partial charge < -0.3 is 15.7 Å². The van der Waals surface area contributed by atoms with Gasteiger partial charge in [0.25, 0.3) is 11.8 Å². The van der Waals surface area contributed by atoms with E-state index in [1.165, 1.54) is 30.3 Å². The van der Waals surface area contributed by atoms with E-state index in [1.807, 2.05) is 0 Å². The molecular weight excluding hydrogens is 356 g/mol. The Labute approximate surface area is 152 Å². The number of rotatable bonds is 7. The maximum Gasteiger partial charge on any atom is 0.251 e. The molecule has 0 aliphatic rings. The zero-order chi connectivity index (χ0) is 19.2. The highest BCUT2D eigenvalue weighted by Crippen LogP contribution is 2.10. The van der Waals surface area contributed by atoms with Crippen molar-refractivity contribution in [2.45, 2.75) is 5.75 Å². The van der Waals surface area contributed by atoms with Gasteiger partial charge in [0.2, 0.25) is 0 Å². The van der Waals surface area contributed by atoms with Gasteiger partial charge in [-0.05, 0) is 42.0 Å². The summed E-state index contributed by atoms with van der Waals surface area (Å²) in [6.07, 6.45) is 1.14. The Kier molecular flexibility index (Phi) is 6.35. The first-order valence-electron chi connectivity index (χ1n) is 7.87. The first-order chi connectivity index (χ1) is 12.2. The topological polar surface area (TPSA) is 113 Å². The lowest BCUT2D eigenvalue weighted by Crippen LogP contribution is -2.34. The average molecular weight is 376 g/mol. The van der Waals surface area contributed by atoms with E-state index in [0.717, 1.165) is 6.26 Å². The fraction of sp³-hybridized carbons (Fsp3) is 0.222. The predicted molar refractivity (Wildman–Crippen MR) is 97.8 cm³/mol. The van der Waals surface area contributed by atoms with Crippen molar-refractivity contribution in [3.8, 4) is 5.75 Å². The molecule has 2 rings (SSSR count). The van der Waals surface area contributed by atoms with Gasteiger partial charge in [-0.1, -0.05) is 12.1 Å². The third-order valence-corrected chi connectivity index (χ3v) is 4.30. The molecule has 0 spiro atoms.